The van der Waals surface area contributed by atoms with Gasteiger partial charge in [0, 0.05) is 13.0 Å². The van der Waals surface area contributed by atoms with Crippen LogP contribution in [0, 0.1) is 0 Å². The van der Waals surface area contributed by atoms with Crippen molar-refractivity contribution >= 4 is 6.03 Å². The van der Waals surface area contributed by atoms with Gasteiger partial charge in [-0.25, -0.2) is 4.79 Å². The van der Waals surface area contributed by atoms with Crippen molar-refractivity contribution in [1.82, 2.24) is 15.5 Å². The van der Waals surface area contributed by atoms with E-state index < -0.39 is 6.03 Å². The second kappa shape index (κ2) is 5.13. The van der Waals surface area contributed by atoms with Crippen molar-refractivity contribution in [1.29, 1.82) is 0 Å². The van der Waals surface area contributed by atoms with Gasteiger partial charge in [-0.05, 0) is 12.8 Å². The molecule has 0 saturated carbocycles. The van der Waals surface area contributed by atoms with Crippen molar-refractivity contribution in [3.8, 4) is 0 Å². The zero-order chi connectivity index (χ0) is 12.3. The number of carbonyl (C=O) groups is 1. The number of nitrogens with two attached hydrogens (primary N) is 1. The summed E-state index contributed by atoms with van der Waals surface area (Å²) in [6.07, 6.45) is 2.22. The third kappa shape index (κ3) is 2.94. The normalized spacial score (nSPS) is 23.8. The van der Waals surface area contributed by atoms with Gasteiger partial charge in [-0.15, -0.1) is 0 Å². The van der Waals surface area contributed by atoms with E-state index in [0.717, 1.165) is 12.8 Å². The van der Waals surface area contributed by atoms with E-state index in [0.29, 0.717) is 24.7 Å². The molecule has 1 fully saturated rings. The van der Waals surface area contributed by atoms with Gasteiger partial charge < -0.3 is 20.3 Å². The number of amides is 2. The highest BCUT2D eigenvalue weighted by atomic mass is 16.5. The summed E-state index contributed by atoms with van der Waals surface area (Å²) in [4.78, 5) is 14.8. The van der Waals surface area contributed by atoms with Gasteiger partial charge in [-0.3, -0.25) is 0 Å². The van der Waals surface area contributed by atoms with Crippen molar-refractivity contribution in [3.05, 3.63) is 11.7 Å². The Morgan fingerprint density at radius 3 is 3.06 bits per heavy atom. The van der Waals surface area contributed by atoms with Gasteiger partial charge in [-0.2, -0.15) is 4.98 Å². The lowest BCUT2D eigenvalue weighted by atomic mass is 10.2. The molecule has 1 saturated heterocycles. The monoisotopic (exact) mass is 240 g/mol. The van der Waals surface area contributed by atoms with Crippen LogP contribution < -0.4 is 11.1 Å². The number of carbonyl (C=O) groups excluding carboxylic acids is 1. The fourth-order valence-corrected chi connectivity index (χ4v) is 1.80. The summed E-state index contributed by atoms with van der Waals surface area (Å²) in [6, 6.07) is -0.537. The van der Waals surface area contributed by atoms with E-state index >= 15 is 0 Å². The Morgan fingerprint density at radius 1 is 1.59 bits per heavy atom. The summed E-state index contributed by atoms with van der Waals surface area (Å²) in [5, 5.41) is 6.40. The quantitative estimate of drug-likeness (QED) is 0.798. The van der Waals surface area contributed by atoms with Gasteiger partial charge >= 0.3 is 6.03 Å². The minimum Gasteiger partial charge on any atom is -0.365 e. The maximum atomic E-state index is 10.6. The molecule has 2 heterocycles. The summed E-state index contributed by atoms with van der Waals surface area (Å²) >= 11 is 0. The second-order valence-electron chi connectivity index (χ2n) is 3.97. The minimum absolute atomic E-state index is 0.0314. The number of urea groups is 1. The summed E-state index contributed by atoms with van der Waals surface area (Å²) in [7, 11) is 0. The van der Waals surface area contributed by atoms with Gasteiger partial charge in [0.05, 0.1) is 6.10 Å². The van der Waals surface area contributed by atoms with Crippen LogP contribution in [0.4, 0.5) is 4.79 Å². The number of rotatable bonds is 4. The Morgan fingerprint density at radius 2 is 2.41 bits per heavy atom. The maximum absolute atomic E-state index is 10.6. The van der Waals surface area contributed by atoms with Crippen molar-refractivity contribution in [2.75, 3.05) is 6.54 Å². The van der Waals surface area contributed by atoms with Crippen LogP contribution in [0.15, 0.2) is 4.52 Å². The fourth-order valence-electron chi connectivity index (χ4n) is 1.80. The van der Waals surface area contributed by atoms with Crippen molar-refractivity contribution in [2.24, 2.45) is 5.73 Å². The third-order valence-electron chi connectivity index (χ3n) is 2.69. The first kappa shape index (κ1) is 11.8. The molecule has 2 amide bonds. The summed E-state index contributed by atoms with van der Waals surface area (Å²) < 4.78 is 10.7. The van der Waals surface area contributed by atoms with E-state index in [2.05, 4.69) is 15.5 Å². The second-order valence-corrected chi connectivity index (χ2v) is 3.97. The highest BCUT2D eigenvalue weighted by Crippen LogP contribution is 2.30. The van der Waals surface area contributed by atoms with E-state index in [9.17, 15) is 4.79 Å². The molecule has 7 nitrogen and oxygen atoms in total. The van der Waals surface area contributed by atoms with Crippen LogP contribution in [-0.4, -0.2) is 28.8 Å². The SMILES string of the molecule is CCc1nc(C2CCC(CNC(N)=O)O2)no1. The van der Waals surface area contributed by atoms with Gasteiger partial charge in [0.15, 0.2) is 0 Å². The molecule has 1 aromatic heterocycles. The largest absolute Gasteiger partial charge is 0.365 e. The summed E-state index contributed by atoms with van der Waals surface area (Å²) in [5.74, 6) is 1.20. The Hall–Kier alpha value is -1.63. The molecule has 0 spiro atoms. The molecule has 3 N–H and O–H groups in total. The fraction of sp³-hybridized carbons (Fsp3) is 0.700. The molecule has 7 heteroatoms. The Balaban J connectivity index is 1.86. The highest BCUT2D eigenvalue weighted by molar-refractivity contribution is 5.71. The standard InChI is InChI=1S/C10H16N4O3/c1-2-8-13-9(14-17-8)7-4-3-6(16-7)5-12-10(11)15/h6-7H,2-5H2,1H3,(H3,11,12,15). The van der Waals surface area contributed by atoms with Crippen molar-refractivity contribution in [3.63, 3.8) is 0 Å². The molecule has 0 aliphatic carbocycles. The molecule has 2 rings (SSSR count). The Labute approximate surface area is 98.7 Å². The lowest BCUT2D eigenvalue weighted by Gasteiger charge is -2.11. The maximum Gasteiger partial charge on any atom is 0.312 e. The number of nitrogens with zero attached hydrogens (tertiary/aromatic N) is 2. The lowest BCUT2D eigenvalue weighted by Crippen LogP contribution is -2.35. The van der Waals surface area contributed by atoms with Crippen LogP contribution in [0.5, 0.6) is 0 Å². The van der Waals surface area contributed by atoms with Crippen LogP contribution in [0.2, 0.25) is 0 Å². The van der Waals surface area contributed by atoms with Crippen LogP contribution in [0.25, 0.3) is 0 Å². The molecule has 94 valence electrons. The number of aryl methyl sites for hydroxylation is 1. The van der Waals surface area contributed by atoms with Crippen molar-refractivity contribution in [2.45, 2.75) is 38.4 Å². The number of nitrogens with one attached hydrogen (secondary N) is 1. The van der Waals surface area contributed by atoms with E-state index in [4.69, 9.17) is 15.0 Å². The smallest absolute Gasteiger partial charge is 0.312 e. The topological polar surface area (TPSA) is 103 Å². The molecule has 1 aliphatic rings. The highest BCUT2D eigenvalue weighted by Gasteiger charge is 2.29. The molecular formula is C10H16N4O3. The van der Waals surface area contributed by atoms with Crippen LogP contribution in [0.1, 0.15) is 37.6 Å². The van der Waals surface area contributed by atoms with Gasteiger partial charge in [-0.1, -0.05) is 12.1 Å². The molecule has 2 atom stereocenters. The average molecular weight is 240 g/mol. The predicted octanol–water partition coefficient (Wildman–Crippen LogP) is 0.520. The van der Waals surface area contributed by atoms with E-state index in [1.165, 1.54) is 0 Å². The molecule has 0 radical (unpaired) electrons. The molecule has 1 aromatic rings. The van der Waals surface area contributed by atoms with Crippen LogP contribution in [0.3, 0.4) is 0 Å². The number of primary amides is 1. The van der Waals surface area contributed by atoms with Gasteiger partial charge in [0.1, 0.15) is 6.10 Å². The molecule has 1 aliphatic heterocycles. The third-order valence-corrected chi connectivity index (χ3v) is 2.69. The average Bonchev–Trinajstić information content (AvgIpc) is 2.94. The van der Waals surface area contributed by atoms with Crippen LogP contribution >= 0.6 is 0 Å². The number of hydrogen-bond donors (Lipinski definition) is 2. The first-order valence-corrected chi connectivity index (χ1v) is 5.70. The predicted molar refractivity (Wildman–Crippen MR) is 58.1 cm³/mol. The Kier molecular flexibility index (Phi) is 3.58. The number of ether oxygens (including phenoxy) is 1. The summed E-state index contributed by atoms with van der Waals surface area (Å²) in [5.41, 5.74) is 4.99. The number of hydrogen-bond acceptors (Lipinski definition) is 5. The zero-order valence-corrected chi connectivity index (χ0v) is 9.68. The zero-order valence-electron chi connectivity index (χ0n) is 9.68. The van der Waals surface area contributed by atoms with Crippen LogP contribution in [-0.2, 0) is 11.2 Å². The number of aromatic nitrogens is 2. The first-order chi connectivity index (χ1) is 8.19. The molecule has 0 bridgehead atoms. The lowest BCUT2D eigenvalue weighted by molar-refractivity contribution is 0.0402. The van der Waals surface area contributed by atoms with Crippen molar-refractivity contribution < 1.29 is 14.1 Å². The molecule has 0 aromatic carbocycles. The Bertz CT molecular complexity index is 393. The molecular weight excluding hydrogens is 224 g/mol. The van der Waals surface area contributed by atoms with E-state index in [1.54, 1.807) is 0 Å². The van der Waals surface area contributed by atoms with Gasteiger partial charge in [0.2, 0.25) is 11.7 Å². The van der Waals surface area contributed by atoms with Gasteiger partial charge in [0.25, 0.3) is 0 Å². The minimum atomic E-state index is -0.537. The molecule has 17 heavy (non-hydrogen) atoms. The molecule has 2 unspecified atom stereocenters. The first-order valence-electron chi connectivity index (χ1n) is 5.70. The summed E-state index contributed by atoms with van der Waals surface area (Å²) in [6.45, 7) is 2.37. The van der Waals surface area contributed by atoms with E-state index in [1.807, 2.05) is 6.92 Å². The van der Waals surface area contributed by atoms with E-state index in [-0.39, 0.29) is 12.2 Å².